The molecule has 0 saturated carbocycles. The number of carbonyl (C=O) groups excluding carboxylic acids is 2. The molecule has 6 heteroatoms. The lowest BCUT2D eigenvalue weighted by atomic mass is 10.0. The van der Waals surface area contributed by atoms with Crippen molar-refractivity contribution in [2.45, 2.75) is 58.5 Å². The van der Waals surface area contributed by atoms with E-state index in [0.29, 0.717) is 35.0 Å². The average molecular weight is 449 g/mol. The molecule has 0 aliphatic rings. The molecule has 0 spiro atoms. The van der Waals surface area contributed by atoms with Gasteiger partial charge in [-0.25, -0.2) is 0 Å². The molecule has 2 rings (SSSR count). The molecule has 2 aromatic rings. The largest absolute Gasteiger partial charge is 0.350 e. The van der Waals surface area contributed by atoms with Gasteiger partial charge in [0.15, 0.2) is 0 Å². The number of nitrogens with zero attached hydrogens (tertiary/aromatic N) is 1. The number of carbonyl (C=O) groups is 2. The van der Waals surface area contributed by atoms with E-state index in [1.54, 1.807) is 23.1 Å². The number of hydrogen-bond acceptors (Lipinski definition) is 2. The normalized spacial score (nSPS) is 12.3. The Labute approximate surface area is 189 Å². The summed E-state index contributed by atoms with van der Waals surface area (Å²) in [6, 6.07) is 14.5. The lowest BCUT2D eigenvalue weighted by Gasteiger charge is -2.33. The Balaban J connectivity index is 2.25. The van der Waals surface area contributed by atoms with Crippen LogP contribution in [0.5, 0.6) is 0 Å². The van der Waals surface area contributed by atoms with Gasteiger partial charge in [-0.15, -0.1) is 0 Å². The molecule has 1 unspecified atom stereocenters. The summed E-state index contributed by atoms with van der Waals surface area (Å²) in [6.45, 7) is 8.17. The van der Waals surface area contributed by atoms with Crippen LogP contribution < -0.4 is 5.32 Å². The zero-order valence-corrected chi connectivity index (χ0v) is 19.6. The van der Waals surface area contributed by atoms with E-state index in [2.05, 4.69) is 5.32 Å². The molecule has 2 aromatic carbocycles. The molecule has 0 aliphatic carbocycles. The molecule has 0 fully saturated rings. The predicted molar refractivity (Wildman–Crippen MR) is 124 cm³/mol. The fourth-order valence-corrected chi connectivity index (χ4v) is 3.75. The van der Waals surface area contributed by atoms with E-state index in [4.69, 9.17) is 23.2 Å². The second-order valence-corrected chi connectivity index (χ2v) is 9.24. The van der Waals surface area contributed by atoms with Crippen molar-refractivity contribution in [3.63, 3.8) is 0 Å². The minimum atomic E-state index is -0.550. The van der Waals surface area contributed by atoms with E-state index in [0.717, 1.165) is 5.56 Å². The molecule has 1 N–H and O–H groups in total. The number of rotatable bonds is 8. The lowest BCUT2D eigenvalue weighted by molar-refractivity contribution is -0.140. The highest BCUT2D eigenvalue weighted by Gasteiger charge is 2.30. The number of hydrogen-bond donors (Lipinski definition) is 1. The smallest absolute Gasteiger partial charge is 0.243 e. The minimum absolute atomic E-state index is 0.115. The fraction of sp³-hybridized carbons (Fsp3) is 0.417. The zero-order chi connectivity index (χ0) is 22.3. The highest BCUT2D eigenvalue weighted by Crippen LogP contribution is 2.22. The second-order valence-electron chi connectivity index (χ2n) is 8.40. The number of halogens is 2. The maximum atomic E-state index is 13.3. The summed E-state index contributed by atoms with van der Waals surface area (Å²) in [4.78, 5) is 27.9. The molecule has 1 atom stereocenters. The highest BCUT2D eigenvalue weighted by atomic mass is 35.5. The Kier molecular flexibility index (Phi) is 8.75. The van der Waals surface area contributed by atoms with Crippen LogP contribution in [-0.2, 0) is 22.4 Å². The van der Waals surface area contributed by atoms with E-state index < -0.39 is 6.04 Å². The zero-order valence-electron chi connectivity index (χ0n) is 18.0. The summed E-state index contributed by atoms with van der Waals surface area (Å²) in [5.74, 6) is -0.278. The molecule has 2 amide bonds. The van der Waals surface area contributed by atoms with Gasteiger partial charge >= 0.3 is 0 Å². The van der Waals surface area contributed by atoms with Gasteiger partial charge in [0.2, 0.25) is 11.8 Å². The maximum absolute atomic E-state index is 13.3. The molecular formula is C24H30Cl2N2O2. The van der Waals surface area contributed by atoms with Crippen LogP contribution in [0.1, 0.15) is 45.2 Å². The van der Waals surface area contributed by atoms with Crippen LogP contribution in [0.15, 0.2) is 48.5 Å². The molecule has 0 saturated heterocycles. The first kappa shape index (κ1) is 24.2. The summed E-state index contributed by atoms with van der Waals surface area (Å²) < 4.78 is 0. The number of amides is 2. The van der Waals surface area contributed by atoms with Gasteiger partial charge in [-0.05, 0) is 56.9 Å². The van der Waals surface area contributed by atoms with Gasteiger partial charge in [-0.3, -0.25) is 9.59 Å². The van der Waals surface area contributed by atoms with Gasteiger partial charge < -0.3 is 10.2 Å². The number of nitrogens with one attached hydrogen (secondary N) is 1. The van der Waals surface area contributed by atoms with E-state index in [-0.39, 0.29) is 23.8 Å². The van der Waals surface area contributed by atoms with Crippen molar-refractivity contribution in [3.05, 3.63) is 69.7 Å². The van der Waals surface area contributed by atoms with Crippen molar-refractivity contribution in [2.75, 3.05) is 6.54 Å². The van der Waals surface area contributed by atoms with Crippen molar-refractivity contribution < 1.29 is 9.59 Å². The summed E-state index contributed by atoms with van der Waals surface area (Å²) in [6.07, 6.45) is 1.31. The van der Waals surface area contributed by atoms with Gasteiger partial charge in [0.25, 0.3) is 0 Å². The van der Waals surface area contributed by atoms with Crippen LogP contribution in [0, 0.1) is 0 Å². The van der Waals surface area contributed by atoms with Crippen LogP contribution in [0.3, 0.4) is 0 Å². The van der Waals surface area contributed by atoms with E-state index in [1.807, 2.05) is 58.0 Å². The van der Waals surface area contributed by atoms with Crippen molar-refractivity contribution in [2.24, 2.45) is 0 Å². The van der Waals surface area contributed by atoms with Gasteiger partial charge in [0, 0.05) is 22.1 Å². The summed E-state index contributed by atoms with van der Waals surface area (Å²) in [7, 11) is 0. The lowest BCUT2D eigenvalue weighted by Crippen LogP contribution is -2.54. The fourth-order valence-electron chi connectivity index (χ4n) is 3.28. The Hall–Kier alpha value is -2.04. The first-order chi connectivity index (χ1) is 14.1. The Morgan fingerprint density at radius 2 is 1.73 bits per heavy atom. The van der Waals surface area contributed by atoms with E-state index >= 15 is 0 Å². The Morgan fingerprint density at radius 1 is 1.07 bits per heavy atom. The van der Waals surface area contributed by atoms with Crippen LogP contribution in [0.2, 0.25) is 10.0 Å². The monoisotopic (exact) mass is 448 g/mol. The number of benzene rings is 2. The molecule has 162 valence electrons. The predicted octanol–water partition coefficient (Wildman–Crippen LogP) is 5.30. The first-order valence-corrected chi connectivity index (χ1v) is 11.0. The SMILES string of the molecule is CCC(C(=O)NC(C)(C)C)N(CCc1ccccc1)C(=O)Cc1ccc(Cl)cc1Cl. The molecule has 0 aliphatic heterocycles. The van der Waals surface area contributed by atoms with Gasteiger partial charge in [0.1, 0.15) is 6.04 Å². The molecule has 0 radical (unpaired) electrons. The quantitative estimate of drug-likeness (QED) is 0.595. The van der Waals surface area contributed by atoms with Crippen LogP contribution >= 0.6 is 23.2 Å². The van der Waals surface area contributed by atoms with E-state index in [1.165, 1.54) is 0 Å². The molecule has 30 heavy (non-hydrogen) atoms. The van der Waals surface area contributed by atoms with E-state index in [9.17, 15) is 9.59 Å². The Morgan fingerprint density at radius 3 is 2.30 bits per heavy atom. The molecule has 0 heterocycles. The maximum Gasteiger partial charge on any atom is 0.243 e. The van der Waals surface area contributed by atoms with Crippen molar-refractivity contribution in [1.29, 1.82) is 0 Å². The average Bonchev–Trinajstić information content (AvgIpc) is 2.66. The van der Waals surface area contributed by atoms with Gasteiger partial charge in [-0.1, -0.05) is 66.5 Å². The minimum Gasteiger partial charge on any atom is -0.350 e. The van der Waals surface area contributed by atoms with Crippen molar-refractivity contribution in [3.8, 4) is 0 Å². The van der Waals surface area contributed by atoms with Crippen LogP contribution in [0.25, 0.3) is 0 Å². The third-order valence-electron chi connectivity index (χ3n) is 4.73. The van der Waals surface area contributed by atoms with Crippen LogP contribution in [-0.4, -0.2) is 34.8 Å². The Bertz CT molecular complexity index is 863. The summed E-state index contributed by atoms with van der Waals surface area (Å²) >= 11 is 12.3. The van der Waals surface area contributed by atoms with Gasteiger partial charge in [0.05, 0.1) is 6.42 Å². The van der Waals surface area contributed by atoms with Gasteiger partial charge in [-0.2, -0.15) is 0 Å². The van der Waals surface area contributed by atoms with Crippen molar-refractivity contribution >= 4 is 35.0 Å². The summed E-state index contributed by atoms with van der Waals surface area (Å²) in [5.41, 5.74) is 1.44. The third-order valence-corrected chi connectivity index (χ3v) is 5.31. The van der Waals surface area contributed by atoms with Crippen LogP contribution in [0.4, 0.5) is 0 Å². The highest BCUT2D eigenvalue weighted by molar-refractivity contribution is 6.35. The third kappa shape index (κ3) is 7.33. The second kappa shape index (κ2) is 10.8. The molecule has 0 bridgehead atoms. The molecule has 4 nitrogen and oxygen atoms in total. The molecular weight excluding hydrogens is 419 g/mol. The van der Waals surface area contributed by atoms with Crippen molar-refractivity contribution in [1.82, 2.24) is 10.2 Å². The standard InChI is InChI=1S/C24H30Cl2N2O2/c1-5-21(23(30)27-24(2,3)4)28(14-13-17-9-7-6-8-10-17)22(29)15-18-11-12-19(25)16-20(18)26/h6-12,16,21H,5,13-15H2,1-4H3,(H,27,30). The first-order valence-electron chi connectivity index (χ1n) is 10.2. The summed E-state index contributed by atoms with van der Waals surface area (Å²) in [5, 5.41) is 3.98. The topological polar surface area (TPSA) is 49.4 Å². The molecule has 0 aromatic heterocycles.